The van der Waals surface area contributed by atoms with E-state index in [4.69, 9.17) is 10.5 Å². The van der Waals surface area contributed by atoms with Crippen LogP contribution in [-0.4, -0.2) is 24.0 Å². The van der Waals surface area contributed by atoms with E-state index in [1.165, 1.54) is 17.7 Å². The number of likely N-dealkylation sites (tertiary alicyclic amines) is 1. The molecule has 0 aromatic heterocycles. The van der Waals surface area contributed by atoms with Crippen molar-refractivity contribution in [2.45, 2.75) is 19.0 Å². The van der Waals surface area contributed by atoms with Gasteiger partial charge in [0.15, 0.2) is 0 Å². The van der Waals surface area contributed by atoms with E-state index in [9.17, 15) is 4.39 Å². The number of ether oxygens (including phenoxy) is 1. The van der Waals surface area contributed by atoms with Crippen LogP contribution in [-0.2, 0) is 6.54 Å². The van der Waals surface area contributed by atoms with Gasteiger partial charge in [0, 0.05) is 31.7 Å². The largest absolute Gasteiger partial charge is 0.457 e. The van der Waals surface area contributed by atoms with Crippen LogP contribution in [0, 0.1) is 5.82 Å². The summed E-state index contributed by atoms with van der Waals surface area (Å²) in [7, 11) is 0. The Morgan fingerprint density at radius 3 is 2.55 bits per heavy atom. The lowest BCUT2D eigenvalue weighted by Gasteiger charge is -2.15. The summed E-state index contributed by atoms with van der Waals surface area (Å²) in [4.78, 5) is 2.35. The first-order valence-electron chi connectivity index (χ1n) is 7.19. The maximum absolute atomic E-state index is 13.1. The van der Waals surface area contributed by atoms with Crippen LogP contribution in [0.5, 0.6) is 11.5 Å². The quantitative estimate of drug-likeness (QED) is 0.935. The van der Waals surface area contributed by atoms with Crippen LogP contribution in [0.15, 0.2) is 48.5 Å². The highest BCUT2D eigenvalue weighted by Crippen LogP contribution is 2.23. The van der Waals surface area contributed by atoms with Crippen molar-refractivity contribution < 1.29 is 9.13 Å². The van der Waals surface area contributed by atoms with Gasteiger partial charge in [0.1, 0.15) is 17.3 Å². The van der Waals surface area contributed by atoms with Gasteiger partial charge in [-0.05, 0) is 36.2 Å². The van der Waals surface area contributed by atoms with Gasteiger partial charge in [-0.25, -0.2) is 4.39 Å². The molecule has 0 saturated carbocycles. The number of benzene rings is 2. The number of nitrogens with two attached hydrogens (primary N) is 1. The number of hydrogen-bond acceptors (Lipinski definition) is 3. The highest BCUT2D eigenvalue weighted by atomic mass is 35.5. The summed E-state index contributed by atoms with van der Waals surface area (Å²) >= 11 is 0. The van der Waals surface area contributed by atoms with Crippen LogP contribution >= 0.6 is 12.4 Å². The van der Waals surface area contributed by atoms with E-state index in [0.29, 0.717) is 17.5 Å². The number of nitrogens with zero attached hydrogens (tertiary/aromatic N) is 1. The zero-order valence-electron chi connectivity index (χ0n) is 12.2. The predicted molar refractivity (Wildman–Crippen MR) is 88.0 cm³/mol. The van der Waals surface area contributed by atoms with E-state index in [1.807, 2.05) is 24.3 Å². The van der Waals surface area contributed by atoms with Gasteiger partial charge in [-0.2, -0.15) is 0 Å². The SMILES string of the molecule is Cl.N[C@H]1CCN(Cc2ccc(Oc3cccc(F)c3)cc2)C1. The summed E-state index contributed by atoms with van der Waals surface area (Å²) in [6.07, 6.45) is 1.07. The Labute approximate surface area is 136 Å². The summed E-state index contributed by atoms with van der Waals surface area (Å²) in [6, 6.07) is 14.4. The van der Waals surface area contributed by atoms with E-state index in [2.05, 4.69) is 4.90 Å². The molecule has 2 aromatic carbocycles. The molecule has 1 atom stereocenters. The van der Waals surface area contributed by atoms with Gasteiger partial charge in [-0.3, -0.25) is 4.90 Å². The second kappa shape index (κ2) is 7.58. The van der Waals surface area contributed by atoms with Crippen LogP contribution < -0.4 is 10.5 Å². The topological polar surface area (TPSA) is 38.5 Å². The van der Waals surface area contributed by atoms with Gasteiger partial charge >= 0.3 is 0 Å². The number of rotatable bonds is 4. The molecule has 0 aliphatic carbocycles. The Bertz CT molecular complexity index is 606. The maximum atomic E-state index is 13.1. The number of hydrogen-bond donors (Lipinski definition) is 1. The molecule has 22 heavy (non-hydrogen) atoms. The van der Waals surface area contributed by atoms with Gasteiger partial charge in [-0.15, -0.1) is 12.4 Å². The van der Waals surface area contributed by atoms with Crippen molar-refractivity contribution in [1.82, 2.24) is 4.90 Å². The van der Waals surface area contributed by atoms with E-state index in [0.717, 1.165) is 26.1 Å². The zero-order valence-corrected chi connectivity index (χ0v) is 13.1. The van der Waals surface area contributed by atoms with Crippen LogP contribution in [0.2, 0.25) is 0 Å². The predicted octanol–water partition coefficient (Wildman–Crippen LogP) is 3.57. The third kappa shape index (κ3) is 4.44. The standard InChI is InChI=1S/C17H19FN2O.ClH/c18-14-2-1-3-17(10-14)21-16-6-4-13(5-7-16)11-20-9-8-15(19)12-20;/h1-7,10,15H,8-9,11-12,19H2;1H/t15-;/m0./s1. The highest BCUT2D eigenvalue weighted by molar-refractivity contribution is 5.85. The van der Waals surface area contributed by atoms with Crippen LogP contribution in [0.1, 0.15) is 12.0 Å². The molecule has 1 heterocycles. The van der Waals surface area contributed by atoms with Crippen molar-refractivity contribution in [3.8, 4) is 11.5 Å². The lowest BCUT2D eigenvalue weighted by atomic mass is 10.2. The average molecular weight is 323 g/mol. The smallest absolute Gasteiger partial charge is 0.130 e. The Hall–Kier alpha value is -1.62. The lowest BCUT2D eigenvalue weighted by molar-refractivity contribution is 0.327. The minimum Gasteiger partial charge on any atom is -0.457 e. The Kier molecular flexibility index (Phi) is 5.77. The van der Waals surface area contributed by atoms with Crippen LogP contribution in [0.3, 0.4) is 0 Å². The lowest BCUT2D eigenvalue weighted by Crippen LogP contribution is -2.26. The monoisotopic (exact) mass is 322 g/mol. The van der Waals surface area contributed by atoms with Crippen molar-refractivity contribution in [1.29, 1.82) is 0 Å². The zero-order chi connectivity index (χ0) is 14.7. The maximum Gasteiger partial charge on any atom is 0.130 e. The Morgan fingerprint density at radius 2 is 1.91 bits per heavy atom. The van der Waals surface area contributed by atoms with E-state index >= 15 is 0 Å². The molecule has 0 spiro atoms. The van der Waals surface area contributed by atoms with E-state index < -0.39 is 0 Å². The van der Waals surface area contributed by atoms with Crippen molar-refractivity contribution >= 4 is 12.4 Å². The summed E-state index contributed by atoms with van der Waals surface area (Å²) < 4.78 is 18.7. The average Bonchev–Trinajstić information content (AvgIpc) is 2.86. The molecule has 1 aliphatic rings. The molecule has 5 heteroatoms. The highest BCUT2D eigenvalue weighted by Gasteiger charge is 2.18. The minimum absolute atomic E-state index is 0. The normalized spacial score (nSPS) is 18.0. The van der Waals surface area contributed by atoms with Crippen LogP contribution in [0.4, 0.5) is 4.39 Å². The summed E-state index contributed by atoms with van der Waals surface area (Å²) in [5.74, 6) is 0.922. The van der Waals surface area contributed by atoms with E-state index in [1.54, 1.807) is 12.1 Å². The third-order valence-corrected chi connectivity index (χ3v) is 3.67. The second-order valence-electron chi connectivity index (χ2n) is 5.49. The van der Waals surface area contributed by atoms with Crippen LogP contribution in [0.25, 0.3) is 0 Å². The Morgan fingerprint density at radius 1 is 1.14 bits per heavy atom. The molecule has 1 fully saturated rings. The molecular formula is C17H20ClFN2O. The van der Waals surface area contributed by atoms with Gasteiger partial charge < -0.3 is 10.5 Å². The summed E-state index contributed by atoms with van der Waals surface area (Å²) in [5, 5.41) is 0. The molecule has 3 rings (SSSR count). The fourth-order valence-electron chi connectivity index (χ4n) is 2.59. The van der Waals surface area contributed by atoms with Crippen molar-refractivity contribution in [2.75, 3.05) is 13.1 Å². The molecule has 3 nitrogen and oxygen atoms in total. The molecule has 0 amide bonds. The first-order chi connectivity index (χ1) is 10.2. The minimum atomic E-state index is -0.297. The first kappa shape index (κ1) is 16.7. The van der Waals surface area contributed by atoms with Gasteiger partial charge in [0.25, 0.3) is 0 Å². The van der Waals surface area contributed by atoms with Crippen molar-refractivity contribution in [2.24, 2.45) is 5.73 Å². The molecular weight excluding hydrogens is 303 g/mol. The molecule has 0 unspecified atom stereocenters. The molecule has 1 saturated heterocycles. The van der Waals surface area contributed by atoms with Crippen molar-refractivity contribution in [3.05, 3.63) is 59.9 Å². The molecule has 0 radical (unpaired) electrons. The molecule has 2 aromatic rings. The summed E-state index contributed by atoms with van der Waals surface area (Å²) in [5.41, 5.74) is 7.14. The molecule has 118 valence electrons. The fourth-order valence-corrected chi connectivity index (χ4v) is 2.59. The van der Waals surface area contributed by atoms with Gasteiger partial charge in [0.05, 0.1) is 0 Å². The van der Waals surface area contributed by atoms with E-state index in [-0.39, 0.29) is 18.2 Å². The summed E-state index contributed by atoms with van der Waals surface area (Å²) in [6.45, 7) is 2.93. The molecule has 2 N–H and O–H groups in total. The van der Waals surface area contributed by atoms with Gasteiger partial charge in [-0.1, -0.05) is 18.2 Å². The molecule has 0 bridgehead atoms. The number of halogens is 2. The van der Waals surface area contributed by atoms with Crippen molar-refractivity contribution in [3.63, 3.8) is 0 Å². The first-order valence-corrected chi connectivity index (χ1v) is 7.19. The Balaban J connectivity index is 0.00000176. The fraction of sp³-hybridized carbons (Fsp3) is 0.294. The third-order valence-electron chi connectivity index (χ3n) is 3.67. The van der Waals surface area contributed by atoms with Gasteiger partial charge in [0.2, 0.25) is 0 Å². The molecule has 1 aliphatic heterocycles. The second-order valence-corrected chi connectivity index (χ2v) is 5.49.